The van der Waals surface area contributed by atoms with Crippen LogP contribution >= 0.6 is 0 Å². The van der Waals surface area contributed by atoms with Crippen LogP contribution < -0.4 is 5.56 Å². The lowest BCUT2D eigenvalue weighted by Crippen LogP contribution is -2.31. The summed E-state index contributed by atoms with van der Waals surface area (Å²) in [6.45, 7) is 5.28. The smallest absolute Gasteiger partial charge is 0.281 e. The lowest BCUT2D eigenvalue weighted by atomic mass is 10.1. The molecule has 2 aromatic heterocycles. The van der Waals surface area contributed by atoms with Gasteiger partial charge < -0.3 is 24.3 Å². The summed E-state index contributed by atoms with van der Waals surface area (Å²) in [4.78, 5) is 19.2. The molecule has 10 nitrogen and oxygen atoms in total. The molecule has 24 heavy (non-hydrogen) atoms. The Labute approximate surface area is 136 Å². The van der Waals surface area contributed by atoms with Crippen molar-refractivity contribution in [1.29, 1.82) is 0 Å². The van der Waals surface area contributed by atoms with Crippen LogP contribution in [0.3, 0.4) is 0 Å². The molecule has 10 heteroatoms. The van der Waals surface area contributed by atoms with Crippen molar-refractivity contribution in [2.45, 2.75) is 57.5 Å². The highest BCUT2D eigenvalue weighted by Crippen LogP contribution is 2.43. The van der Waals surface area contributed by atoms with Crippen molar-refractivity contribution in [3.8, 4) is 0 Å². The third kappa shape index (κ3) is 2.25. The first kappa shape index (κ1) is 15.6. The molecule has 4 rings (SSSR count). The van der Waals surface area contributed by atoms with Gasteiger partial charge in [0.25, 0.3) is 5.56 Å². The molecule has 0 aliphatic carbocycles. The average molecular weight is 337 g/mol. The van der Waals surface area contributed by atoms with Crippen LogP contribution in [0.1, 0.15) is 32.8 Å². The van der Waals surface area contributed by atoms with E-state index in [1.807, 2.05) is 6.92 Å². The van der Waals surface area contributed by atoms with Gasteiger partial charge in [0.05, 0.1) is 6.61 Å². The fourth-order valence-corrected chi connectivity index (χ4v) is 3.23. The Morgan fingerprint density at radius 2 is 2.08 bits per heavy atom. The van der Waals surface area contributed by atoms with Gasteiger partial charge in [-0.1, -0.05) is 12.1 Å². The summed E-state index contributed by atoms with van der Waals surface area (Å²) < 4.78 is 19.0. The quantitative estimate of drug-likeness (QED) is 0.767. The monoisotopic (exact) mass is 337 g/mol. The second-order valence-corrected chi connectivity index (χ2v) is 6.38. The number of aromatic nitrogens is 5. The van der Waals surface area contributed by atoms with Crippen LogP contribution in [0.2, 0.25) is 0 Å². The number of aliphatic hydroxyl groups is 1. The predicted octanol–water partition coefficient (Wildman–Crippen LogP) is -0.513. The van der Waals surface area contributed by atoms with Gasteiger partial charge in [0.1, 0.15) is 24.1 Å². The molecule has 4 atom stereocenters. The minimum Gasteiger partial charge on any atom is -0.394 e. The molecule has 4 heterocycles. The molecule has 0 aromatic carbocycles. The first-order valence-electron chi connectivity index (χ1n) is 7.89. The number of aryl methyl sites for hydroxylation is 1. The molecule has 2 fully saturated rings. The van der Waals surface area contributed by atoms with Gasteiger partial charge in [-0.3, -0.25) is 4.79 Å². The Morgan fingerprint density at radius 1 is 1.33 bits per heavy atom. The number of ether oxygens (including phenoxy) is 3. The lowest BCUT2D eigenvalue weighted by molar-refractivity contribution is -0.201. The Balaban J connectivity index is 1.80. The fraction of sp³-hybridized carbons (Fsp3) is 0.714. The van der Waals surface area contributed by atoms with Gasteiger partial charge in [0.15, 0.2) is 23.2 Å². The highest BCUT2D eigenvalue weighted by Gasteiger charge is 2.56. The van der Waals surface area contributed by atoms with Gasteiger partial charge in [-0.15, -0.1) is 5.10 Å². The maximum absolute atomic E-state index is 12.1. The molecular weight excluding hydrogens is 318 g/mol. The van der Waals surface area contributed by atoms with Crippen LogP contribution in [0, 0.1) is 0 Å². The molecular formula is C14H19N5O5. The minimum atomic E-state index is -0.791. The van der Waals surface area contributed by atoms with Crippen LogP contribution in [-0.2, 0) is 20.6 Å². The zero-order valence-electron chi connectivity index (χ0n) is 13.6. The first-order chi connectivity index (χ1) is 11.4. The number of aromatic amines is 1. The van der Waals surface area contributed by atoms with E-state index in [-0.39, 0.29) is 17.7 Å². The van der Waals surface area contributed by atoms with E-state index in [4.69, 9.17) is 14.2 Å². The van der Waals surface area contributed by atoms with Gasteiger partial charge in [-0.2, -0.15) is 4.68 Å². The first-order valence-corrected chi connectivity index (χ1v) is 7.89. The van der Waals surface area contributed by atoms with Gasteiger partial charge in [-0.25, -0.2) is 4.98 Å². The summed E-state index contributed by atoms with van der Waals surface area (Å²) in [5, 5.41) is 17.5. The molecule has 0 saturated carbocycles. The van der Waals surface area contributed by atoms with Crippen molar-refractivity contribution in [3.05, 3.63) is 16.2 Å². The van der Waals surface area contributed by atoms with Gasteiger partial charge in [0, 0.05) is 6.42 Å². The zero-order valence-corrected chi connectivity index (χ0v) is 13.6. The number of nitrogens with zero attached hydrogens (tertiary/aromatic N) is 4. The third-order valence-corrected chi connectivity index (χ3v) is 4.26. The Morgan fingerprint density at radius 3 is 2.79 bits per heavy atom. The fourth-order valence-electron chi connectivity index (χ4n) is 3.23. The molecule has 130 valence electrons. The highest BCUT2D eigenvalue weighted by atomic mass is 16.8. The topological polar surface area (TPSA) is 124 Å². The van der Waals surface area contributed by atoms with Crippen molar-refractivity contribution < 1.29 is 19.3 Å². The van der Waals surface area contributed by atoms with Crippen LogP contribution in [0.4, 0.5) is 0 Å². The number of aliphatic hydroxyl groups excluding tert-OH is 1. The van der Waals surface area contributed by atoms with Crippen LogP contribution in [0.15, 0.2) is 4.79 Å². The summed E-state index contributed by atoms with van der Waals surface area (Å²) in [6.07, 6.45) is -1.57. The van der Waals surface area contributed by atoms with E-state index in [2.05, 4.69) is 20.3 Å². The van der Waals surface area contributed by atoms with Crippen molar-refractivity contribution in [1.82, 2.24) is 25.0 Å². The molecule has 2 aliphatic rings. The number of hydrogen-bond donors (Lipinski definition) is 2. The van der Waals surface area contributed by atoms with Crippen molar-refractivity contribution in [2.24, 2.45) is 0 Å². The molecule has 0 radical (unpaired) electrons. The Kier molecular flexibility index (Phi) is 3.46. The maximum Gasteiger partial charge on any atom is 0.281 e. The van der Waals surface area contributed by atoms with E-state index in [1.165, 1.54) is 4.68 Å². The summed E-state index contributed by atoms with van der Waals surface area (Å²) in [7, 11) is 0. The average Bonchev–Trinajstić information content (AvgIpc) is 3.17. The summed E-state index contributed by atoms with van der Waals surface area (Å²) in [5.41, 5.74) is 0.115. The van der Waals surface area contributed by atoms with E-state index >= 15 is 0 Å². The van der Waals surface area contributed by atoms with E-state index in [0.717, 1.165) is 0 Å². The summed E-state index contributed by atoms with van der Waals surface area (Å²) in [6, 6.07) is 0. The number of H-pyrrole nitrogens is 1. The van der Waals surface area contributed by atoms with E-state index in [0.29, 0.717) is 17.9 Å². The van der Waals surface area contributed by atoms with E-state index in [1.54, 1.807) is 13.8 Å². The zero-order chi connectivity index (χ0) is 17.1. The highest BCUT2D eigenvalue weighted by molar-refractivity contribution is 5.68. The number of rotatable bonds is 3. The van der Waals surface area contributed by atoms with Crippen LogP contribution in [0.25, 0.3) is 11.2 Å². The van der Waals surface area contributed by atoms with Gasteiger partial charge >= 0.3 is 0 Å². The molecule has 2 aromatic rings. The van der Waals surface area contributed by atoms with E-state index in [9.17, 15) is 9.90 Å². The molecule has 0 spiro atoms. The second kappa shape index (κ2) is 5.31. The molecule has 2 N–H and O–H groups in total. The third-order valence-electron chi connectivity index (χ3n) is 4.26. The van der Waals surface area contributed by atoms with E-state index < -0.39 is 30.3 Å². The number of hydrogen-bond acceptors (Lipinski definition) is 8. The normalized spacial score (nSPS) is 31.7. The molecule has 0 bridgehead atoms. The van der Waals surface area contributed by atoms with Crippen molar-refractivity contribution >= 4 is 11.2 Å². The maximum atomic E-state index is 12.1. The minimum absolute atomic E-state index is 0.137. The second-order valence-electron chi connectivity index (χ2n) is 6.38. The van der Waals surface area contributed by atoms with Crippen LogP contribution in [-0.4, -0.2) is 60.8 Å². The molecule has 0 unspecified atom stereocenters. The standard InChI is InChI=1S/C14H19N5O5/c1-4-7-15-11-8(12(21)16-7)17-18-19(11)13-10-9(6(5-20)22-13)23-14(2,3)24-10/h6,9-10,13,20H,4-5H2,1-3H3,(H,15,16,21)/t6-,9-,10-,13-/m1/s1. The van der Waals surface area contributed by atoms with Gasteiger partial charge in [-0.05, 0) is 13.8 Å². The summed E-state index contributed by atoms with van der Waals surface area (Å²) >= 11 is 0. The molecule has 2 aliphatic heterocycles. The number of fused-ring (bicyclic) bond motifs is 2. The molecule has 0 amide bonds. The van der Waals surface area contributed by atoms with Crippen molar-refractivity contribution in [2.75, 3.05) is 6.61 Å². The van der Waals surface area contributed by atoms with Crippen molar-refractivity contribution in [3.63, 3.8) is 0 Å². The largest absolute Gasteiger partial charge is 0.394 e. The lowest BCUT2D eigenvalue weighted by Gasteiger charge is -2.23. The Hall–Kier alpha value is -1.88. The van der Waals surface area contributed by atoms with Gasteiger partial charge in [0.2, 0.25) is 0 Å². The number of nitrogens with one attached hydrogen (secondary N) is 1. The molecule has 2 saturated heterocycles. The Bertz CT molecular complexity index is 831. The summed E-state index contributed by atoms with van der Waals surface area (Å²) in [5.74, 6) is -0.256. The SMILES string of the molecule is CCc1nc2c(nnn2[C@@H]2O[C@H](CO)[C@H]3OC(C)(C)O[C@H]32)c(=O)[nH]1. The predicted molar refractivity (Wildman–Crippen MR) is 80.1 cm³/mol. The van der Waals surface area contributed by atoms with Crippen LogP contribution in [0.5, 0.6) is 0 Å².